The van der Waals surface area contributed by atoms with Gasteiger partial charge >= 0.3 is 12.1 Å². The van der Waals surface area contributed by atoms with Gasteiger partial charge < -0.3 is 15.2 Å². The van der Waals surface area contributed by atoms with Crippen molar-refractivity contribution in [3.05, 3.63) is 23.8 Å². The molecule has 1 rings (SSSR count). The van der Waals surface area contributed by atoms with E-state index in [9.17, 15) is 18.0 Å². The molecule has 0 aliphatic heterocycles. The highest BCUT2D eigenvalue weighted by Gasteiger charge is 2.29. The Kier molecular flexibility index (Phi) is 3.82. The summed E-state index contributed by atoms with van der Waals surface area (Å²) < 4.78 is 44.9. The first-order chi connectivity index (χ1) is 7.85. The molecule has 17 heavy (non-hydrogen) atoms. The summed E-state index contributed by atoms with van der Waals surface area (Å²) in [4.78, 5) is 11.3. The van der Waals surface area contributed by atoms with Crippen molar-refractivity contribution >= 4 is 11.7 Å². The quantitative estimate of drug-likeness (QED) is 0.657. The Bertz CT molecular complexity index is 418. The molecule has 0 saturated heterocycles. The van der Waals surface area contributed by atoms with E-state index in [-0.39, 0.29) is 17.0 Å². The maximum atomic E-state index is 12.0. The fraction of sp³-hybridized carbons (Fsp3) is 0.300. The molecule has 1 aromatic carbocycles. The number of anilines is 1. The van der Waals surface area contributed by atoms with Crippen LogP contribution in [0.5, 0.6) is 5.75 Å². The smallest absolute Gasteiger partial charge is 0.422 e. The summed E-state index contributed by atoms with van der Waals surface area (Å²) in [5, 5.41) is 0. The number of hydrogen-bond acceptors (Lipinski definition) is 4. The Morgan fingerprint density at radius 3 is 2.59 bits per heavy atom. The summed E-state index contributed by atoms with van der Waals surface area (Å²) >= 11 is 0. The van der Waals surface area contributed by atoms with Gasteiger partial charge in [-0.3, -0.25) is 0 Å². The largest absolute Gasteiger partial charge is 0.483 e. The van der Waals surface area contributed by atoms with Gasteiger partial charge in [-0.05, 0) is 12.1 Å². The van der Waals surface area contributed by atoms with Crippen LogP contribution in [0.1, 0.15) is 10.4 Å². The average Bonchev–Trinajstić information content (AvgIpc) is 2.24. The molecule has 0 aliphatic carbocycles. The molecule has 0 spiro atoms. The molecule has 1 aromatic rings. The van der Waals surface area contributed by atoms with Crippen LogP contribution in [-0.4, -0.2) is 25.9 Å². The van der Waals surface area contributed by atoms with Crippen molar-refractivity contribution < 1.29 is 27.4 Å². The first kappa shape index (κ1) is 13.1. The van der Waals surface area contributed by atoms with Gasteiger partial charge in [0.2, 0.25) is 0 Å². The van der Waals surface area contributed by atoms with E-state index in [1.807, 2.05) is 0 Å². The Labute approximate surface area is 95.1 Å². The summed E-state index contributed by atoms with van der Waals surface area (Å²) in [5.41, 5.74) is 5.26. The molecule has 0 fully saturated rings. The van der Waals surface area contributed by atoms with Gasteiger partial charge in [-0.15, -0.1) is 0 Å². The number of esters is 1. The van der Waals surface area contributed by atoms with E-state index in [0.717, 1.165) is 7.11 Å². The van der Waals surface area contributed by atoms with Crippen molar-refractivity contribution in [2.45, 2.75) is 6.18 Å². The summed E-state index contributed by atoms with van der Waals surface area (Å²) in [6.07, 6.45) is -4.49. The van der Waals surface area contributed by atoms with E-state index in [2.05, 4.69) is 9.47 Å². The fourth-order valence-electron chi connectivity index (χ4n) is 1.15. The minimum Gasteiger partial charge on any atom is -0.483 e. The molecule has 2 N–H and O–H groups in total. The van der Waals surface area contributed by atoms with Crippen LogP contribution >= 0.6 is 0 Å². The number of nitrogens with two attached hydrogens (primary N) is 1. The number of methoxy groups -OCH3 is 1. The second-order valence-corrected chi connectivity index (χ2v) is 3.12. The molecule has 0 bridgehead atoms. The van der Waals surface area contributed by atoms with Crippen molar-refractivity contribution in [2.24, 2.45) is 0 Å². The lowest BCUT2D eigenvalue weighted by atomic mass is 10.1. The van der Waals surface area contributed by atoms with E-state index in [1.54, 1.807) is 0 Å². The second-order valence-electron chi connectivity index (χ2n) is 3.12. The minimum absolute atomic E-state index is 0.00322. The lowest BCUT2D eigenvalue weighted by molar-refractivity contribution is -0.153. The molecule has 0 amide bonds. The normalized spacial score (nSPS) is 11.1. The van der Waals surface area contributed by atoms with Crippen LogP contribution in [0.3, 0.4) is 0 Å². The summed E-state index contributed by atoms with van der Waals surface area (Å²) in [6.45, 7) is -1.50. The van der Waals surface area contributed by atoms with Gasteiger partial charge in [0.05, 0.1) is 7.11 Å². The number of carbonyl (C=O) groups excluding carboxylic acids is 1. The highest BCUT2D eigenvalue weighted by Crippen LogP contribution is 2.27. The Balaban J connectivity index is 2.99. The number of nitrogen functional groups attached to an aromatic ring is 1. The summed E-state index contributed by atoms with van der Waals surface area (Å²) in [6, 6.07) is 3.97. The lowest BCUT2D eigenvalue weighted by Gasteiger charge is -2.13. The molecule has 4 nitrogen and oxygen atoms in total. The lowest BCUT2D eigenvalue weighted by Crippen LogP contribution is -2.20. The van der Waals surface area contributed by atoms with E-state index in [4.69, 9.17) is 5.73 Å². The number of alkyl halides is 3. The van der Waals surface area contributed by atoms with Gasteiger partial charge in [-0.1, -0.05) is 6.07 Å². The van der Waals surface area contributed by atoms with Crippen LogP contribution in [0.15, 0.2) is 18.2 Å². The zero-order valence-electron chi connectivity index (χ0n) is 8.88. The molecular weight excluding hydrogens is 239 g/mol. The third kappa shape index (κ3) is 3.54. The van der Waals surface area contributed by atoms with Crippen molar-refractivity contribution in [3.63, 3.8) is 0 Å². The number of ether oxygens (including phenoxy) is 2. The minimum atomic E-state index is -4.49. The van der Waals surface area contributed by atoms with Gasteiger partial charge in [0.25, 0.3) is 0 Å². The van der Waals surface area contributed by atoms with E-state index < -0.39 is 18.8 Å². The molecule has 0 aromatic heterocycles. The van der Waals surface area contributed by atoms with E-state index >= 15 is 0 Å². The number of benzene rings is 1. The average molecular weight is 249 g/mol. The van der Waals surface area contributed by atoms with Gasteiger partial charge in [0.1, 0.15) is 11.3 Å². The highest BCUT2D eigenvalue weighted by atomic mass is 19.4. The van der Waals surface area contributed by atoms with Crippen molar-refractivity contribution in [1.29, 1.82) is 0 Å². The number of hydrogen-bond donors (Lipinski definition) is 1. The molecule has 0 unspecified atom stereocenters. The van der Waals surface area contributed by atoms with Gasteiger partial charge in [0.15, 0.2) is 6.61 Å². The van der Waals surface area contributed by atoms with Crippen LogP contribution in [-0.2, 0) is 4.74 Å². The molecule has 0 heterocycles. The van der Waals surface area contributed by atoms with E-state index in [1.165, 1.54) is 18.2 Å². The van der Waals surface area contributed by atoms with Gasteiger partial charge in [-0.2, -0.15) is 13.2 Å². The molecular formula is C10H10F3NO3. The zero-order valence-corrected chi connectivity index (χ0v) is 8.88. The van der Waals surface area contributed by atoms with Crippen molar-refractivity contribution in [1.82, 2.24) is 0 Å². The predicted octanol–water partition coefficient (Wildman–Crippen LogP) is 2.00. The first-order valence-corrected chi connectivity index (χ1v) is 4.51. The van der Waals surface area contributed by atoms with Crippen molar-refractivity contribution in [2.75, 3.05) is 19.5 Å². The fourth-order valence-corrected chi connectivity index (χ4v) is 1.15. The molecule has 0 aliphatic rings. The third-order valence-corrected chi connectivity index (χ3v) is 1.84. The van der Waals surface area contributed by atoms with Gasteiger partial charge in [-0.25, -0.2) is 4.79 Å². The van der Waals surface area contributed by atoms with Crippen LogP contribution in [0, 0.1) is 0 Å². The molecule has 7 heteroatoms. The molecule has 0 atom stereocenters. The van der Waals surface area contributed by atoms with Crippen LogP contribution < -0.4 is 10.5 Å². The summed E-state index contributed by atoms with van der Waals surface area (Å²) in [5.74, 6) is -1.10. The topological polar surface area (TPSA) is 61.5 Å². The molecule has 0 saturated carbocycles. The highest BCUT2D eigenvalue weighted by molar-refractivity contribution is 5.98. The van der Waals surface area contributed by atoms with Gasteiger partial charge in [0, 0.05) is 5.69 Å². The zero-order chi connectivity index (χ0) is 13.1. The number of carbonyl (C=O) groups is 1. The monoisotopic (exact) mass is 249 g/mol. The first-order valence-electron chi connectivity index (χ1n) is 4.51. The predicted molar refractivity (Wildman–Crippen MR) is 53.7 cm³/mol. The van der Waals surface area contributed by atoms with Crippen molar-refractivity contribution in [3.8, 4) is 5.75 Å². The maximum absolute atomic E-state index is 12.0. The summed E-state index contributed by atoms with van der Waals surface area (Å²) in [7, 11) is 1.10. The Morgan fingerprint density at radius 1 is 1.41 bits per heavy atom. The van der Waals surface area contributed by atoms with E-state index in [0.29, 0.717) is 0 Å². The SMILES string of the molecule is COC(=O)c1c(N)cccc1OCC(F)(F)F. The Morgan fingerprint density at radius 2 is 2.06 bits per heavy atom. The number of halogens is 3. The molecule has 94 valence electrons. The number of rotatable bonds is 3. The van der Waals surface area contributed by atoms with Crippen LogP contribution in [0.2, 0.25) is 0 Å². The standard InChI is InChI=1S/C10H10F3NO3/c1-16-9(15)8-6(14)3-2-4-7(8)17-5-10(11,12)13/h2-4H,5,14H2,1H3. The maximum Gasteiger partial charge on any atom is 0.422 e. The van der Waals surface area contributed by atoms with Crippen LogP contribution in [0.4, 0.5) is 18.9 Å². The Hall–Kier alpha value is -1.92. The third-order valence-electron chi connectivity index (χ3n) is 1.84. The molecule has 0 radical (unpaired) electrons. The van der Waals surface area contributed by atoms with Crippen LogP contribution in [0.25, 0.3) is 0 Å². The second kappa shape index (κ2) is 4.94.